The molecule has 1 spiro atoms. The largest absolute Gasteiger partial charge is 0.469 e. The van der Waals surface area contributed by atoms with Crippen LogP contribution in [0.25, 0.3) is 0 Å². The van der Waals surface area contributed by atoms with Gasteiger partial charge in [0.05, 0.1) is 12.7 Å². The lowest BCUT2D eigenvalue weighted by Crippen LogP contribution is -2.46. The molecule has 0 aromatic carbocycles. The van der Waals surface area contributed by atoms with Crippen LogP contribution >= 0.6 is 7.82 Å². The fourth-order valence-electron chi connectivity index (χ4n) is 5.62. The van der Waals surface area contributed by atoms with Gasteiger partial charge in [0.15, 0.2) is 0 Å². The molecule has 2 aliphatic heterocycles. The smallest absolute Gasteiger partial charge is 0.388 e. The van der Waals surface area contributed by atoms with E-state index in [2.05, 4.69) is 9.84 Å². The second-order valence-electron chi connectivity index (χ2n) is 9.66. The minimum Gasteiger partial charge on any atom is -0.388 e. The number of amides is 1. The van der Waals surface area contributed by atoms with Gasteiger partial charge in [0.25, 0.3) is 0 Å². The summed E-state index contributed by atoms with van der Waals surface area (Å²) in [6, 6.07) is 0. The molecule has 3 rings (SSSR count). The Hall–Kier alpha value is -0.840. The molecule has 1 saturated carbocycles. The van der Waals surface area contributed by atoms with Crippen LogP contribution in [-0.2, 0) is 18.6 Å². The van der Waals surface area contributed by atoms with E-state index in [0.717, 1.165) is 51.4 Å². The topological polar surface area (TPSA) is 166 Å². The van der Waals surface area contributed by atoms with Gasteiger partial charge in [-0.15, -0.1) is 0 Å². The SMILES string of the molecule is O=C1C=CC2(CCCCCCCCCC2C2OC(COP(=O)(O)O)C(O)C2O)CCC(O)N1. The Labute approximate surface area is 194 Å². The zero-order chi connectivity index (χ0) is 24.1. The first-order chi connectivity index (χ1) is 15.6. The number of phosphoric acid groups is 1. The summed E-state index contributed by atoms with van der Waals surface area (Å²) >= 11 is 0. The number of phosphoric ester groups is 1. The lowest BCUT2D eigenvalue weighted by Gasteiger charge is -2.44. The van der Waals surface area contributed by atoms with Crippen LogP contribution in [0, 0.1) is 11.3 Å². The van der Waals surface area contributed by atoms with Crippen LogP contribution in [0.2, 0.25) is 0 Å². The highest BCUT2D eigenvalue weighted by Gasteiger charge is 2.52. The van der Waals surface area contributed by atoms with E-state index in [4.69, 9.17) is 14.5 Å². The Balaban J connectivity index is 1.91. The minimum atomic E-state index is -4.76. The lowest BCUT2D eigenvalue weighted by molar-refractivity contribution is -0.120. The summed E-state index contributed by atoms with van der Waals surface area (Å²) < 4.78 is 21.7. The van der Waals surface area contributed by atoms with E-state index < -0.39 is 50.5 Å². The van der Waals surface area contributed by atoms with Crippen LogP contribution in [0.5, 0.6) is 0 Å². The molecule has 1 amide bonds. The Bertz CT molecular complexity index is 729. The van der Waals surface area contributed by atoms with Crippen LogP contribution in [0.1, 0.15) is 70.6 Å². The minimum absolute atomic E-state index is 0.255. The molecule has 3 aliphatic rings. The predicted octanol–water partition coefficient (Wildman–Crippen LogP) is 1.50. The number of carbonyl (C=O) groups is 1. The van der Waals surface area contributed by atoms with Gasteiger partial charge in [-0.3, -0.25) is 9.32 Å². The first kappa shape index (κ1) is 26.8. The molecule has 1 saturated heterocycles. The van der Waals surface area contributed by atoms with E-state index in [1.165, 1.54) is 6.08 Å². The average Bonchev–Trinajstić information content (AvgIpc) is 2.99. The quantitative estimate of drug-likeness (QED) is 0.320. The second kappa shape index (κ2) is 11.7. The summed E-state index contributed by atoms with van der Waals surface area (Å²) in [6.45, 7) is -0.546. The molecule has 0 aromatic rings. The third kappa shape index (κ3) is 7.32. The van der Waals surface area contributed by atoms with Gasteiger partial charge >= 0.3 is 7.82 Å². The maximum absolute atomic E-state index is 12.2. The predicted molar refractivity (Wildman–Crippen MR) is 119 cm³/mol. The second-order valence-corrected chi connectivity index (χ2v) is 10.9. The van der Waals surface area contributed by atoms with Crippen molar-refractivity contribution in [2.45, 2.75) is 101 Å². The van der Waals surface area contributed by atoms with Crippen molar-refractivity contribution in [1.82, 2.24) is 5.32 Å². The van der Waals surface area contributed by atoms with Crippen molar-refractivity contribution >= 4 is 13.7 Å². The molecule has 0 aromatic heterocycles. The first-order valence-corrected chi connectivity index (χ1v) is 13.5. The molecule has 11 heteroatoms. The van der Waals surface area contributed by atoms with E-state index in [0.29, 0.717) is 19.3 Å². The molecule has 7 atom stereocenters. The van der Waals surface area contributed by atoms with Crippen molar-refractivity contribution in [2.24, 2.45) is 11.3 Å². The molecule has 10 nitrogen and oxygen atoms in total. The molecular weight excluding hydrogens is 453 g/mol. The fraction of sp³-hybridized carbons (Fsp3) is 0.864. The molecule has 6 N–H and O–H groups in total. The van der Waals surface area contributed by atoms with E-state index in [-0.39, 0.29) is 11.8 Å². The van der Waals surface area contributed by atoms with E-state index in [1.54, 1.807) is 0 Å². The highest BCUT2D eigenvalue weighted by Crippen LogP contribution is 2.49. The third-order valence-corrected chi connectivity index (χ3v) is 7.84. The maximum atomic E-state index is 12.2. The summed E-state index contributed by atoms with van der Waals surface area (Å²) in [5.74, 6) is -0.634. The Morgan fingerprint density at radius 2 is 1.67 bits per heavy atom. The number of nitrogens with one attached hydrogen (secondary N) is 1. The molecule has 2 heterocycles. The molecule has 2 fully saturated rings. The molecule has 0 radical (unpaired) electrons. The Morgan fingerprint density at radius 1 is 1.00 bits per heavy atom. The van der Waals surface area contributed by atoms with Crippen molar-refractivity contribution in [3.05, 3.63) is 12.2 Å². The van der Waals surface area contributed by atoms with E-state index >= 15 is 0 Å². The summed E-state index contributed by atoms with van der Waals surface area (Å²) in [4.78, 5) is 30.3. The van der Waals surface area contributed by atoms with Gasteiger partial charge in [0.1, 0.15) is 24.5 Å². The number of aliphatic hydroxyl groups is 3. The lowest BCUT2D eigenvalue weighted by atomic mass is 9.63. The van der Waals surface area contributed by atoms with Crippen LogP contribution < -0.4 is 5.32 Å². The zero-order valence-corrected chi connectivity index (χ0v) is 19.8. The monoisotopic (exact) mass is 491 g/mol. The number of rotatable bonds is 4. The molecule has 190 valence electrons. The van der Waals surface area contributed by atoms with Gasteiger partial charge in [0.2, 0.25) is 5.91 Å². The van der Waals surface area contributed by atoms with Gasteiger partial charge in [-0.25, -0.2) is 4.57 Å². The summed E-state index contributed by atoms with van der Waals surface area (Å²) in [7, 11) is -4.76. The Kier molecular flexibility index (Phi) is 9.51. The third-order valence-electron chi connectivity index (χ3n) is 7.36. The normalized spacial score (nSPS) is 39.5. The van der Waals surface area contributed by atoms with Gasteiger partial charge in [-0.2, -0.15) is 0 Å². The number of allylic oxidation sites excluding steroid dienone is 1. The number of hydrogen-bond acceptors (Lipinski definition) is 7. The van der Waals surface area contributed by atoms with Crippen molar-refractivity contribution < 1.29 is 43.7 Å². The number of ether oxygens (including phenoxy) is 1. The highest BCUT2D eigenvalue weighted by atomic mass is 31.2. The Morgan fingerprint density at radius 3 is 2.36 bits per heavy atom. The van der Waals surface area contributed by atoms with Gasteiger partial charge < -0.3 is 35.2 Å². The molecule has 33 heavy (non-hydrogen) atoms. The van der Waals surface area contributed by atoms with Gasteiger partial charge in [-0.05, 0) is 43.1 Å². The standard InChI is InChI=1S/C22H38NO9P/c24-17-9-12-22(13-10-18(25)23-17)11-7-5-3-1-2-4-6-8-15(22)21-20(27)19(26)16(32-21)14-31-33(28,29)30/h9,12,15-16,18-21,25-27H,1-8,10-11,13-14H2,(H,23,24)(H2,28,29,30). The molecular formula is C22H38NO9P. The van der Waals surface area contributed by atoms with E-state index in [9.17, 15) is 24.7 Å². The fourth-order valence-corrected chi connectivity index (χ4v) is 5.96. The number of aliphatic hydroxyl groups excluding tert-OH is 3. The van der Waals surface area contributed by atoms with Crippen LogP contribution in [0.4, 0.5) is 0 Å². The summed E-state index contributed by atoms with van der Waals surface area (Å²) in [5, 5.41) is 34.2. The number of carbonyl (C=O) groups excluding carboxylic acids is 1. The van der Waals surface area contributed by atoms with Crippen molar-refractivity contribution in [3.63, 3.8) is 0 Å². The maximum Gasteiger partial charge on any atom is 0.469 e. The van der Waals surface area contributed by atoms with Crippen LogP contribution in [-0.4, -0.2) is 68.3 Å². The molecule has 0 bridgehead atoms. The van der Waals surface area contributed by atoms with Crippen molar-refractivity contribution in [3.8, 4) is 0 Å². The number of hydrogen-bond donors (Lipinski definition) is 6. The summed E-state index contributed by atoms with van der Waals surface area (Å²) in [6.07, 6.45) is 7.53. The summed E-state index contributed by atoms with van der Waals surface area (Å²) in [5.41, 5.74) is -0.534. The van der Waals surface area contributed by atoms with Crippen molar-refractivity contribution in [2.75, 3.05) is 6.61 Å². The van der Waals surface area contributed by atoms with Crippen LogP contribution in [0.15, 0.2) is 12.2 Å². The van der Waals surface area contributed by atoms with Gasteiger partial charge in [0, 0.05) is 0 Å². The zero-order valence-electron chi connectivity index (χ0n) is 18.9. The van der Waals surface area contributed by atoms with Crippen LogP contribution in [0.3, 0.4) is 0 Å². The highest BCUT2D eigenvalue weighted by molar-refractivity contribution is 7.46. The average molecular weight is 492 g/mol. The first-order valence-electron chi connectivity index (χ1n) is 12.0. The molecule has 1 aliphatic carbocycles. The van der Waals surface area contributed by atoms with Gasteiger partial charge in [-0.1, -0.05) is 51.0 Å². The molecule has 7 unspecified atom stereocenters. The van der Waals surface area contributed by atoms with E-state index in [1.807, 2.05) is 6.08 Å². The van der Waals surface area contributed by atoms with Crippen molar-refractivity contribution in [1.29, 1.82) is 0 Å².